The predicted octanol–water partition coefficient (Wildman–Crippen LogP) is 3.61. The van der Waals surface area contributed by atoms with Crippen molar-refractivity contribution in [3.8, 4) is 0 Å². The number of urea groups is 1. The Bertz CT molecular complexity index is 969. The zero-order valence-electron chi connectivity index (χ0n) is 15.8. The highest BCUT2D eigenvalue weighted by molar-refractivity contribution is 5.89. The molecule has 1 atom stereocenters. The lowest BCUT2D eigenvalue weighted by Crippen LogP contribution is -2.30. The summed E-state index contributed by atoms with van der Waals surface area (Å²) in [6, 6.07) is 19.2. The highest BCUT2D eigenvalue weighted by Gasteiger charge is 2.07. The quantitative estimate of drug-likeness (QED) is 0.661. The summed E-state index contributed by atoms with van der Waals surface area (Å²) < 4.78 is 1.52. The van der Waals surface area contributed by atoms with E-state index < -0.39 is 0 Å². The van der Waals surface area contributed by atoms with Gasteiger partial charge in [-0.3, -0.25) is 4.57 Å². The van der Waals surface area contributed by atoms with Crippen molar-refractivity contribution in [1.29, 1.82) is 0 Å². The lowest BCUT2D eigenvalue weighted by Gasteiger charge is -2.13. The minimum Gasteiger partial charge on any atom is -0.338 e. The standard InChI is InChI=1S/C22H24N4O2/c1-17(19-8-3-2-4-9-19)11-13-23-21(27)25-20-10-5-7-18(15-20)16-26-14-6-12-24-22(26)28/h2-10,12,14-15,17H,11,13,16H2,1H3,(H2,23,25,27)/t17-/m1/s1. The third kappa shape index (κ3) is 5.54. The second-order valence-corrected chi connectivity index (χ2v) is 6.71. The van der Waals surface area contributed by atoms with Gasteiger partial charge in [0.2, 0.25) is 0 Å². The Balaban J connectivity index is 1.50. The van der Waals surface area contributed by atoms with Crippen LogP contribution in [0, 0.1) is 0 Å². The van der Waals surface area contributed by atoms with Crippen LogP contribution in [0.3, 0.4) is 0 Å². The zero-order valence-corrected chi connectivity index (χ0v) is 15.8. The first-order valence-corrected chi connectivity index (χ1v) is 9.32. The van der Waals surface area contributed by atoms with Crippen LogP contribution in [0.2, 0.25) is 0 Å². The fourth-order valence-electron chi connectivity index (χ4n) is 2.98. The number of benzene rings is 2. The number of carbonyl (C=O) groups is 1. The molecule has 3 rings (SSSR count). The number of amides is 2. The predicted molar refractivity (Wildman–Crippen MR) is 111 cm³/mol. The van der Waals surface area contributed by atoms with Crippen LogP contribution in [0.5, 0.6) is 0 Å². The molecule has 0 fully saturated rings. The average molecular weight is 376 g/mol. The fraction of sp³-hybridized carbons (Fsp3) is 0.227. The molecule has 0 aliphatic carbocycles. The fourth-order valence-corrected chi connectivity index (χ4v) is 2.98. The SMILES string of the molecule is C[C@H](CCNC(=O)Nc1cccc(Cn2cccnc2=O)c1)c1ccccc1. The van der Waals surface area contributed by atoms with Gasteiger partial charge in [-0.05, 0) is 41.7 Å². The van der Waals surface area contributed by atoms with E-state index in [-0.39, 0.29) is 11.7 Å². The van der Waals surface area contributed by atoms with E-state index in [2.05, 4.69) is 34.7 Å². The van der Waals surface area contributed by atoms with Crippen LogP contribution in [-0.2, 0) is 6.54 Å². The van der Waals surface area contributed by atoms with Gasteiger partial charge in [-0.25, -0.2) is 14.6 Å². The minimum absolute atomic E-state index is 0.240. The van der Waals surface area contributed by atoms with Crippen molar-refractivity contribution >= 4 is 11.7 Å². The molecule has 3 aromatic rings. The van der Waals surface area contributed by atoms with E-state index in [1.54, 1.807) is 12.3 Å². The molecule has 2 aromatic carbocycles. The molecule has 0 saturated heterocycles. The van der Waals surface area contributed by atoms with E-state index in [1.807, 2.05) is 42.5 Å². The number of nitrogens with zero attached hydrogens (tertiary/aromatic N) is 2. The Kier molecular flexibility index (Phi) is 6.57. The number of nitrogens with one attached hydrogen (secondary N) is 2. The number of carbonyl (C=O) groups excluding carboxylic acids is 1. The molecule has 2 N–H and O–H groups in total. The Morgan fingerprint density at radius 2 is 1.93 bits per heavy atom. The molecule has 0 unspecified atom stereocenters. The van der Waals surface area contributed by atoms with Gasteiger partial charge in [0.25, 0.3) is 0 Å². The number of hydrogen-bond donors (Lipinski definition) is 2. The first kappa shape index (κ1) is 19.4. The molecule has 0 spiro atoms. The topological polar surface area (TPSA) is 76.0 Å². The summed E-state index contributed by atoms with van der Waals surface area (Å²) in [5, 5.41) is 5.74. The summed E-state index contributed by atoms with van der Waals surface area (Å²) in [5.74, 6) is 0.377. The van der Waals surface area contributed by atoms with Gasteiger partial charge in [0.05, 0.1) is 6.54 Å². The molecular weight excluding hydrogens is 352 g/mol. The monoisotopic (exact) mass is 376 g/mol. The van der Waals surface area contributed by atoms with Gasteiger partial charge in [-0.1, -0.05) is 49.4 Å². The van der Waals surface area contributed by atoms with Crippen LogP contribution < -0.4 is 16.3 Å². The van der Waals surface area contributed by atoms with Crippen LogP contribution in [0.15, 0.2) is 77.9 Å². The van der Waals surface area contributed by atoms with Gasteiger partial charge in [0.15, 0.2) is 0 Å². The Labute approximate surface area is 164 Å². The molecular formula is C22H24N4O2. The van der Waals surface area contributed by atoms with Crippen molar-refractivity contribution in [2.24, 2.45) is 0 Å². The molecule has 28 heavy (non-hydrogen) atoms. The normalized spacial score (nSPS) is 11.6. The second kappa shape index (κ2) is 9.50. The molecule has 0 aliphatic rings. The first-order valence-electron chi connectivity index (χ1n) is 9.32. The summed E-state index contributed by atoms with van der Waals surface area (Å²) in [4.78, 5) is 27.6. The van der Waals surface area contributed by atoms with Crippen molar-refractivity contribution in [3.63, 3.8) is 0 Å². The first-order chi connectivity index (χ1) is 13.6. The summed E-state index contributed by atoms with van der Waals surface area (Å²) >= 11 is 0. The van der Waals surface area contributed by atoms with Crippen LogP contribution in [0.1, 0.15) is 30.4 Å². The maximum absolute atomic E-state index is 12.2. The molecule has 0 bridgehead atoms. The van der Waals surface area contributed by atoms with E-state index in [1.165, 1.54) is 16.3 Å². The molecule has 1 aromatic heterocycles. The van der Waals surface area contributed by atoms with E-state index in [0.717, 1.165) is 12.0 Å². The highest BCUT2D eigenvalue weighted by Crippen LogP contribution is 2.17. The summed E-state index contributed by atoms with van der Waals surface area (Å²) in [6.07, 6.45) is 4.03. The van der Waals surface area contributed by atoms with E-state index in [4.69, 9.17) is 0 Å². The number of hydrogen-bond acceptors (Lipinski definition) is 3. The second-order valence-electron chi connectivity index (χ2n) is 6.71. The maximum atomic E-state index is 12.2. The minimum atomic E-state index is -0.300. The van der Waals surface area contributed by atoms with Crippen molar-refractivity contribution in [2.75, 3.05) is 11.9 Å². The number of anilines is 1. The third-order valence-electron chi connectivity index (χ3n) is 4.55. The molecule has 144 valence electrons. The Hall–Kier alpha value is -3.41. The van der Waals surface area contributed by atoms with Gasteiger partial charge in [-0.2, -0.15) is 0 Å². The van der Waals surface area contributed by atoms with Gasteiger partial charge >= 0.3 is 11.7 Å². The maximum Gasteiger partial charge on any atom is 0.347 e. The van der Waals surface area contributed by atoms with Crippen molar-refractivity contribution in [1.82, 2.24) is 14.9 Å². The molecule has 2 amide bonds. The Morgan fingerprint density at radius 3 is 2.71 bits per heavy atom. The van der Waals surface area contributed by atoms with Crippen LogP contribution >= 0.6 is 0 Å². The molecule has 6 nitrogen and oxygen atoms in total. The molecule has 0 radical (unpaired) electrons. The summed E-state index contributed by atoms with van der Waals surface area (Å²) in [5.41, 5.74) is 2.56. The third-order valence-corrected chi connectivity index (χ3v) is 4.55. The summed E-state index contributed by atoms with van der Waals surface area (Å²) in [6.45, 7) is 3.14. The van der Waals surface area contributed by atoms with Crippen molar-refractivity contribution in [3.05, 3.63) is 94.7 Å². The number of aromatic nitrogens is 2. The summed E-state index contributed by atoms with van der Waals surface area (Å²) in [7, 11) is 0. The van der Waals surface area contributed by atoms with Crippen LogP contribution in [-0.4, -0.2) is 22.1 Å². The van der Waals surface area contributed by atoms with Crippen LogP contribution in [0.25, 0.3) is 0 Å². The molecule has 0 aliphatic heterocycles. The lowest BCUT2D eigenvalue weighted by molar-refractivity contribution is 0.252. The number of rotatable bonds is 7. The Morgan fingerprint density at radius 1 is 1.11 bits per heavy atom. The van der Waals surface area contributed by atoms with Gasteiger partial charge in [0, 0.05) is 24.6 Å². The van der Waals surface area contributed by atoms with E-state index in [9.17, 15) is 9.59 Å². The van der Waals surface area contributed by atoms with Gasteiger partial charge in [-0.15, -0.1) is 0 Å². The average Bonchev–Trinajstić information content (AvgIpc) is 2.70. The molecule has 6 heteroatoms. The van der Waals surface area contributed by atoms with Crippen molar-refractivity contribution < 1.29 is 4.79 Å². The molecule has 0 saturated carbocycles. The van der Waals surface area contributed by atoms with E-state index in [0.29, 0.717) is 24.7 Å². The zero-order chi connectivity index (χ0) is 19.8. The van der Waals surface area contributed by atoms with E-state index >= 15 is 0 Å². The lowest BCUT2D eigenvalue weighted by atomic mass is 9.98. The van der Waals surface area contributed by atoms with Gasteiger partial charge in [0.1, 0.15) is 0 Å². The largest absolute Gasteiger partial charge is 0.347 e. The highest BCUT2D eigenvalue weighted by atomic mass is 16.2. The van der Waals surface area contributed by atoms with Crippen molar-refractivity contribution in [2.45, 2.75) is 25.8 Å². The van der Waals surface area contributed by atoms with Crippen LogP contribution in [0.4, 0.5) is 10.5 Å². The van der Waals surface area contributed by atoms with Gasteiger partial charge < -0.3 is 10.6 Å². The molecule has 1 heterocycles. The smallest absolute Gasteiger partial charge is 0.338 e.